The van der Waals surface area contributed by atoms with Crippen LogP contribution < -0.4 is 0 Å². The van der Waals surface area contributed by atoms with Crippen LogP contribution in [0.3, 0.4) is 0 Å². The van der Waals surface area contributed by atoms with E-state index in [4.69, 9.17) is 0 Å². The van der Waals surface area contributed by atoms with Crippen molar-refractivity contribution in [1.29, 1.82) is 0 Å². The second kappa shape index (κ2) is 6.98. The Balaban J connectivity index is 3.59. The molecule has 0 N–H and O–H groups in total. The van der Waals surface area contributed by atoms with Crippen LogP contribution in [0.25, 0.3) is 0 Å². The molecule has 1 fully saturated rings. The lowest BCUT2D eigenvalue weighted by Crippen LogP contribution is -2.53. The molecule has 0 aromatic rings. The van der Waals surface area contributed by atoms with Gasteiger partial charge >= 0.3 is 36.0 Å². The molecule has 1 rings (SSSR count). The summed E-state index contributed by atoms with van der Waals surface area (Å²) in [7, 11) is 0. The van der Waals surface area contributed by atoms with Gasteiger partial charge in [-0.25, -0.2) is 0 Å². The van der Waals surface area contributed by atoms with E-state index in [1.807, 2.05) is 0 Å². The zero-order valence-corrected chi connectivity index (χ0v) is 13.1. The molecule has 0 radical (unpaired) electrons. The van der Waals surface area contributed by atoms with Crippen molar-refractivity contribution in [2.45, 2.75) is 61.7 Å². The van der Waals surface area contributed by atoms with Gasteiger partial charge in [-0.2, -0.15) is 61.5 Å². The summed E-state index contributed by atoms with van der Waals surface area (Å²) in [6.45, 7) is 0. The first kappa shape index (κ1) is 24.4. The van der Waals surface area contributed by atoms with Crippen LogP contribution in [0.4, 0.5) is 61.5 Å². The average molecular weight is 442 g/mol. The molecule has 14 heteroatoms. The molecule has 28 heavy (non-hydrogen) atoms. The number of halogens is 14. The Morgan fingerprint density at radius 1 is 0.607 bits per heavy atom. The predicted molar refractivity (Wildman–Crippen MR) is 65.2 cm³/mol. The van der Waals surface area contributed by atoms with Crippen LogP contribution in [0.5, 0.6) is 0 Å². The summed E-state index contributed by atoms with van der Waals surface area (Å²) in [5.41, 5.74) is -3.52. The van der Waals surface area contributed by atoms with Crippen molar-refractivity contribution < 1.29 is 61.5 Å². The van der Waals surface area contributed by atoms with Crippen LogP contribution >= 0.6 is 0 Å². The van der Waals surface area contributed by atoms with E-state index in [9.17, 15) is 61.5 Å². The fourth-order valence-corrected chi connectivity index (χ4v) is 2.17. The highest BCUT2D eigenvalue weighted by Gasteiger charge is 2.75. The number of rotatable bonds is 3. The maximum Gasteiger partial charge on any atom is 0.461 e. The third-order valence-corrected chi connectivity index (χ3v) is 3.72. The lowest BCUT2D eigenvalue weighted by molar-refractivity contribution is -0.343. The molecule has 0 aliphatic heterocycles. The molecule has 1 saturated carbocycles. The van der Waals surface area contributed by atoms with Crippen molar-refractivity contribution in [3.8, 4) is 11.8 Å². The minimum Gasteiger partial charge on any atom is -0.193 e. The molecule has 0 nitrogen and oxygen atoms in total. The normalized spacial score (nSPS) is 17.4. The van der Waals surface area contributed by atoms with Crippen molar-refractivity contribution in [2.75, 3.05) is 0 Å². The number of hydrogen-bond donors (Lipinski definition) is 0. The van der Waals surface area contributed by atoms with Crippen molar-refractivity contribution in [3.05, 3.63) is 11.1 Å². The van der Waals surface area contributed by atoms with Gasteiger partial charge in [0, 0.05) is 0 Å². The SMILES string of the molecule is FC(F)(F)C(F)(F)C(F)(F)C#CC(=C1CCCC1)C(F)(F)C(F)(F)C(F)(F)F. The molecule has 0 unspecified atom stereocenters. The Kier molecular flexibility index (Phi) is 6.07. The van der Waals surface area contributed by atoms with E-state index in [-0.39, 0.29) is 18.8 Å². The van der Waals surface area contributed by atoms with Crippen LogP contribution in [0, 0.1) is 11.8 Å². The highest BCUT2D eigenvalue weighted by atomic mass is 19.4. The molecule has 0 saturated heterocycles. The van der Waals surface area contributed by atoms with E-state index in [0.717, 1.165) is 0 Å². The second-order valence-corrected chi connectivity index (χ2v) is 5.73. The monoisotopic (exact) mass is 442 g/mol. The Bertz CT molecular complexity index is 672. The van der Waals surface area contributed by atoms with Gasteiger partial charge in [-0.3, -0.25) is 0 Å². The Morgan fingerprint density at radius 3 is 1.36 bits per heavy atom. The molecule has 1 aliphatic carbocycles. The molecule has 0 aromatic heterocycles. The third kappa shape index (κ3) is 4.03. The van der Waals surface area contributed by atoms with Gasteiger partial charge in [-0.05, 0) is 31.6 Å². The quantitative estimate of drug-likeness (QED) is 0.345. The van der Waals surface area contributed by atoms with Gasteiger partial charge in [0.05, 0.1) is 5.57 Å². The lowest BCUT2D eigenvalue weighted by Gasteiger charge is -2.29. The molecule has 0 spiro atoms. The molecular weight excluding hydrogens is 434 g/mol. The van der Waals surface area contributed by atoms with E-state index in [1.54, 1.807) is 0 Å². The molecule has 0 aromatic carbocycles. The van der Waals surface area contributed by atoms with Gasteiger partial charge in [0.15, 0.2) is 0 Å². The van der Waals surface area contributed by atoms with Crippen LogP contribution in [-0.4, -0.2) is 36.0 Å². The summed E-state index contributed by atoms with van der Waals surface area (Å²) in [5, 5.41) is 0. The van der Waals surface area contributed by atoms with E-state index >= 15 is 0 Å². The average Bonchev–Trinajstić information content (AvgIpc) is 2.98. The largest absolute Gasteiger partial charge is 0.461 e. The first-order chi connectivity index (χ1) is 12.2. The van der Waals surface area contributed by atoms with Crippen molar-refractivity contribution in [1.82, 2.24) is 0 Å². The third-order valence-electron chi connectivity index (χ3n) is 3.72. The maximum atomic E-state index is 13.8. The zero-order chi connectivity index (χ0) is 22.4. The fourth-order valence-electron chi connectivity index (χ4n) is 2.17. The Morgan fingerprint density at radius 2 is 1.00 bits per heavy atom. The van der Waals surface area contributed by atoms with E-state index in [2.05, 4.69) is 0 Å². The van der Waals surface area contributed by atoms with Gasteiger partial charge < -0.3 is 0 Å². The molecule has 162 valence electrons. The summed E-state index contributed by atoms with van der Waals surface area (Å²) in [4.78, 5) is 0. The number of alkyl halides is 14. The molecule has 1 aliphatic rings. The topological polar surface area (TPSA) is 0 Å². The van der Waals surface area contributed by atoms with Crippen molar-refractivity contribution in [2.24, 2.45) is 0 Å². The van der Waals surface area contributed by atoms with Gasteiger partial charge in [0.25, 0.3) is 0 Å². The molecule has 0 heterocycles. The van der Waals surface area contributed by atoms with E-state index < -0.39 is 60.0 Å². The van der Waals surface area contributed by atoms with Crippen molar-refractivity contribution >= 4 is 0 Å². The number of allylic oxidation sites excluding steroid dienone is 2. The fraction of sp³-hybridized carbons (Fsp3) is 0.714. The summed E-state index contributed by atoms with van der Waals surface area (Å²) in [6.07, 6.45) is -15.1. The first-order valence-corrected chi connectivity index (χ1v) is 7.10. The lowest BCUT2D eigenvalue weighted by atomic mass is 9.95. The minimum absolute atomic E-state index is 0.0523. The van der Waals surface area contributed by atoms with Crippen molar-refractivity contribution in [3.63, 3.8) is 0 Å². The highest BCUT2D eigenvalue weighted by molar-refractivity contribution is 5.44. The number of hydrogen-bond acceptors (Lipinski definition) is 0. The highest BCUT2D eigenvalue weighted by Crippen LogP contribution is 2.52. The minimum atomic E-state index is -6.90. The first-order valence-electron chi connectivity index (χ1n) is 7.10. The van der Waals surface area contributed by atoms with Gasteiger partial charge in [0.1, 0.15) is 0 Å². The van der Waals surface area contributed by atoms with Gasteiger partial charge in [-0.15, -0.1) is 0 Å². The van der Waals surface area contributed by atoms with E-state index in [0.29, 0.717) is 5.92 Å². The smallest absolute Gasteiger partial charge is 0.193 e. The zero-order valence-electron chi connectivity index (χ0n) is 13.1. The standard InChI is InChI=1S/C14H8F14/c15-9(16,11(19,20)13(23,24)25)6-5-8(7-3-1-2-4-7)10(17,18)12(21,22)14(26,27)28/h1-4H2. The van der Waals surface area contributed by atoms with Crippen LogP contribution in [-0.2, 0) is 0 Å². The second-order valence-electron chi connectivity index (χ2n) is 5.73. The Labute approximate surface area is 147 Å². The van der Waals surface area contributed by atoms with Crippen LogP contribution in [0.15, 0.2) is 11.1 Å². The summed E-state index contributed by atoms with van der Waals surface area (Å²) in [5.74, 6) is -26.2. The summed E-state index contributed by atoms with van der Waals surface area (Å²) < 4.78 is 179. The summed E-state index contributed by atoms with van der Waals surface area (Å²) >= 11 is 0. The Hall–Kier alpha value is -1.68. The van der Waals surface area contributed by atoms with Crippen LogP contribution in [0.2, 0.25) is 0 Å². The molecular formula is C14H8F14. The maximum absolute atomic E-state index is 13.8. The van der Waals surface area contributed by atoms with Crippen LogP contribution in [0.1, 0.15) is 25.7 Å². The predicted octanol–water partition coefficient (Wildman–Crippen LogP) is 6.53. The van der Waals surface area contributed by atoms with E-state index in [1.165, 1.54) is 0 Å². The molecule has 0 bridgehead atoms. The summed E-state index contributed by atoms with van der Waals surface area (Å²) in [6, 6.07) is 0. The molecule has 0 amide bonds. The van der Waals surface area contributed by atoms with Gasteiger partial charge in [0.2, 0.25) is 0 Å². The van der Waals surface area contributed by atoms with Gasteiger partial charge in [-0.1, -0.05) is 11.5 Å². The molecule has 0 atom stereocenters.